The number of amides is 3. The lowest BCUT2D eigenvalue weighted by atomic mass is 10.2. The average Bonchev–Trinajstić information content (AvgIpc) is 2.87. The normalized spacial score (nSPS) is 10.6. The van der Waals surface area contributed by atoms with Gasteiger partial charge in [0.1, 0.15) is 0 Å². The highest BCUT2D eigenvalue weighted by molar-refractivity contribution is 14.1. The topological polar surface area (TPSA) is 118 Å². The third-order valence-electron chi connectivity index (χ3n) is 4.53. The lowest BCUT2D eigenvalue weighted by molar-refractivity contribution is -0.136. The van der Waals surface area contributed by atoms with Gasteiger partial charge in [-0.3, -0.25) is 14.4 Å². The number of hydrogen-bond donors (Lipinski definition) is 3. The SMILES string of the molecule is COc1cc(/C=N\NC(=O)C(=O)Nc2cccc(Cl)c2Cl)cc(I)c1OCC(=O)Nc1ccccc1Cl. The van der Waals surface area contributed by atoms with Gasteiger partial charge >= 0.3 is 11.8 Å². The minimum absolute atomic E-state index is 0.110. The van der Waals surface area contributed by atoms with Gasteiger partial charge in [0.2, 0.25) is 0 Å². The maximum Gasteiger partial charge on any atom is 0.329 e. The minimum Gasteiger partial charge on any atom is -0.493 e. The number of nitrogens with zero attached hydrogens (tertiary/aromatic N) is 1. The fraction of sp³-hybridized carbons (Fsp3) is 0.0833. The summed E-state index contributed by atoms with van der Waals surface area (Å²) in [5, 5.41) is 9.57. The third-order valence-corrected chi connectivity index (χ3v) is 6.48. The summed E-state index contributed by atoms with van der Waals surface area (Å²) in [6.45, 7) is -0.285. The van der Waals surface area contributed by atoms with Gasteiger partial charge in [0.25, 0.3) is 5.91 Å². The molecule has 0 fully saturated rings. The van der Waals surface area contributed by atoms with Gasteiger partial charge in [-0.25, -0.2) is 5.43 Å². The molecule has 0 saturated carbocycles. The smallest absolute Gasteiger partial charge is 0.329 e. The van der Waals surface area contributed by atoms with E-state index in [2.05, 4.69) is 21.2 Å². The van der Waals surface area contributed by atoms with E-state index >= 15 is 0 Å². The second-order valence-electron chi connectivity index (χ2n) is 7.11. The van der Waals surface area contributed by atoms with Crippen LogP contribution in [0.3, 0.4) is 0 Å². The van der Waals surface area contributed by atoms with Crippen LogP contribution in [-0.2, 0) is 14.4 Å². The number of carbonyl (C=O) groups excluding carboxylic acids is 3. The number of anilines is 2. The van der Waals surface area contributed by atoms with Crippen molar-refractivity contribution in [2.75, 3.05) is 24.4 Å². The van der Waals surface area contributed by atoms with Crippen LogP contribution in [0.2, 0.25) is 15.1 Å². The minimum atomic E-state index is -1.02. The molecule has 3 aromatic rings. The zero-order chi connectivity index (χ0) is 26.9. The van der Waals surface area contributed by atoms with Crippen LogP contribution in [0.15, 0.2) is 59.7 Å². The quantitative estimate of drug-likeness (QED) is 0.129. The van der Waals surface area contributed by atoms with E-state index in [1.807, 2.05) is 22.6 Å². The van der Waals surface area contributed by atoms with Gasteiger partial charge < -0.3 is 20.1 Å². The molecule has 0 atom stereocenters. The van der Waals surface area contributed by atoms with Crippen molar-refractivity contribution in [2.45, 2.75) is 0 Å². The molecule has 0 aromatic heterocycles. The zero-order valence-corrected chi connectivity index (χ0v) is 23.4. The molecule has 0 aliphatic carbocycles. The maximum atomic E-state index is 12.3. The van der Waals surface area contributed by atoms with Crippen molar-refractivity contribution in [1.82, 2.24) is 5.43 Å². The van der Waals surface area contributed by atoms with Crippen molar-refractivity contribution in [3.05, 3.63) is 78.8 Å². The van der Waals surface area contributed by atoms with Gasteiger partial charge in [0, 0.05) is 0 Å². The Balaban J connectivity index is 1.60. The van der Waals surface area contributed by atoms with Gasteiger partial charge in [-0.1, -0.05) is 53.0 Å². The Morgan fingerprint density at radius 1 is 0.946 bits per heavy atom. The lowest BCUT2D eigenvalue weighted by Gasteiger charge is -2.14. The molecular formula is C24H18Cl3IN4O5. The van der Waals surface area contributed by atoms with Crippen LogP contribution in [0.4, 0.5) is 11.4 Å². The van der Waals surface area contributed by atoms with Crippen molar-refractivity contribution in [2.24, 2.45) is 5.10 Å². The Bertz CT molecular complexity index is 1370. The fourth-order valence-corrected chi connectivity index (χ4v) is 4.15. The average molecular weight is 676 g/mol. The van der Waals surface area contributed by atoms with E-state index in [1.165, 1.54) is 19.4 Å². The van der Waals surface area contributed by atoms with Gasteiger partial charge in [-0.05, 0) is 64.6 Å². The first kappa shape index (κ1) is 28.5. The molecule has 3 rings (SSSR count). The second-order valence-corrected chi connectivity index (χ2v) is 9.46. The summed E-state index contributed by atoms with van der Waals surface area (Å²) >= 11 is 20.0. The first-order valence-corrected chi connectivity index (χ1v) is 12.5. The summed E-state index contributed by atoms with van der Waals surface area (Å²) in [5.74, 6) is -1.72. The third kappa shape index (κ3) is 7.96. The first-order chi connectivity index (χ1) is 17.7. The lowest BCUT2D eigenvalue weighted by Crippen LogP contribution is -2.32. The molecule has 37 heavy (non-hydrogen) atoms. The number of hydrazone groups is 1. The van der Waals surface area contributed by atoms with Crippen LogP contribution in [0.25, 0.3) is 0 Å². The van der Waals surface area contributed by atoms with E-state index in [4.69, 9.17) is 44.3 Å². The Kier molecular flexibility index (Phi) is 10.4. The van der Waals surface area contributed by atoms with Crippen molar-refractivity contribution >= 4 is 92.7 Å². The highest BCUT2D eigenvalue weighted by atomic mass is 127. The number of para-hydroxylation sites is 1. The molecule has 0 aliphatic heterocycles. The summed E-state index contributed by atoms with van der Waals surface area (Å²) in [7, 11) is 1.44. The molecule has 0 radical (unpaired) electrons. The van der Waals surface area contributed by atoms with Crippen molar-refractivity contribution in [1.29, 1.82) is 0 Å². The van der Waals surface area contributed by atoms with Gasteiger partial charge in [-0.15, -0.1) is 0 Å². The molecule has 3 N–H and O–H groups in total. The summed E-state index contributed by atoms with van der Waals surface area (Å²) in [6, 6.07) is 14.7. The highest BCUT2D eigenvalue weighted by Gasteiger charge is 2.16. The van der Waals surface area contributed by atoms with Gasteiger partial charge in [-0.2, -0.15) is 5.10 Å². The van der Waals surface area contributed by atoms with E-state index in [9.17, 15) is 14.4 Å². The van der Waals surface area contributed by atoms with Crippen molar-refractivity contribution in [3.63, 3.8) is 0 Å². The number of ether oxygens (including phenoxy) is 2. The van der Waals surface area contributed by atoms with Crippen LogP contribution in [0, 0.1) is 3.57 Å². The second kappa shape index (κ2) is 13.5. The van der Waals surface area contributed by atoms with Crippen LogP contribution < -0.4 is 25.5 Å². The van der Waals surface area contributed by atoms with Gasteiger partial charge in [0.15, 0.2) is 18.1 Å². The number of carbonyl (C=O) groups is 3. The summed E-state index contributed by atoms with van der Waals surface area (Å²) < 4.78 is 11.6. The Morgan fingerprint density at radius 3 is 2.38 bits per heavy atom. The Hall–Kier alpha value is -3.06. The van der Waals surface area contributed by atoms with E-state index in [0.717, 1.165) is 0 Å². The van der Waals surface area contributed by atoms with Gasteiger partial charge in [0.05, 0.1) is 43.3 Å². The predicted octanol–water partition coefficient (Wildman–Crippen LogP) is 5.37. The number of rotatable bonds is 8. The molecule has 0 bridgehead atoms. The Labute approximate surface area is 240 Å². The van der Waals surface area contributed by atoms with Crippen LogP contribution in [0.5, 0.6) is 11.5 Å². The van der Waals surface area contributed by atoms with Crippen molar-refractivity contribution in [3.8, 4) is 11.5 Å². The first-order valence-electron chi connectivity index (χ1n) is 10.3. The molecule has 13 heteroatoms. The fourth-order valence-electron chi connectivity index (χ4n) is 2.84. The molecule has 3 amide bonds. The largest absolute Gasteiger partial charge is 0.493 e. The number of hydrogen-bond acceptors (Lipinski definition) is 6. The molecule has 9 nitrogen and oxygen atoms in total. The molecular weight excluding hydrogens is 658 g/mol. The number of nitrogens with one attached hydrogen (secondary N) is 3. The molecule has 3 aromatic carbocycles. The molecule has 0 aliphatic rings. The van der Waals surface area contributed by atoms with E-state index in [0.29, 0.717) is 31.3 Å². The van der Waals surface area contributed by atoms with Crippen LogP contribution >= 0.6 is 57.4 Å². The van der Waals surface area contributed by atoms with E-state index in [-0.39, 0.29) is 22.3 Å². The standard InChI is InChI=1S/C24H18Cl3IN4O5/c1-36-19-10-13(11-29-32-24(35)23(34)31-18-8-4-6-15(26)21(18)27)9-16(28)22(19)37-12-20(33)30-17-7-3-2-5-14(17)25/h2-11H,12H2,1H3,(H,30,33)(H,31,34)(H,32,35)/b29-11-. The zero-order valence-electron chi connectivity index (χ0n) is 19.0. The van der Waals surface area contributed by atoms with Crippen LogP contribution in [0.1, 0.15) is 5.56 Å². The molecule has 0 saturated heterocycles. The number of benzene rings is 3. The monoisotopic (exact) mass is 674 g/mol. The molecule has 0 spiro atoms. The highest BCUT2D eigenvalue weighted by Crippen LogP contribution is 2.34. The number of halogens is 4. The van der Waals surface area contributed by atoms with Crippen LogP contribution in [-0.4, -0.2) is 37.7 Å². The molecule has 192 valence electrons. The number of methoxy groups -OCH3 is 1. The summed E-state index contributed by atoms with van der Waals surface area (Å²) in [6.07, 6.45) is 1.32. The maximum absolute atomic E-state index is 12.3. The van der Waals surface area contributed by atoms with E-state index < -0.39 is 17.7 Å². The molecule has 0 unspecified atom stereocenters. The molecule has 0 heterocycles. The predicted molar refractivity (Wildman–Crippen MR) is 152 cm³/mol. The summed E-state index contributed by atoms with van der Waals surface area (Å²) in [5.41, 5.74) is 3.32. The van der Waals surface area contributed by atoms with Crippen molar-refractivity contribution < 1.29 is 23.9 Å². The Morgan fingerprint density at radius 2 is 1.65 bits per heavy atom. The summed E-state index contributed by atoms with van der Waals surface area (Å²) in [4.78, 5) is 36.5. The van der Waals surface area contributed by atoms with E-state index in [1.54, 1.807) is 48.5 Å².